The molecule has 0 aliphatic heterocycles. The van der Waals surface area contributed by atoms with Gasteiger partial charge in [-0.2, -0.15) is 0 Å². The molecule has 8 aromatic carbocycles. The third-order valence-electron chi connectivity index (χ3n) is 10.5. The smallest absolute Gasteiger partial charge is 0.0465 e. The molecule has 1 nitrogen and oxygen atoms in total. The van der Waals surface area contributed by atoms with Gasteiger partial charge < -0.3 is 4.90 Å². The van der Waals surface area contributed by atoms with E-state index in [2.05, 4.69) is 207 Å². The van der Waals surface area contributed by atoms with Gasteiger partial charge in [0.25, 0.3) is 0 Å². The number of nitrogens with zero attached hydrogens (tertiary/aromatic N) is 1. The molecular weight excluding hydrogens is 603 g/mol. The summed E-state index contributed by atoms with van der Waals surface area (Å²) in [4.78, 5) is 2.40. The Hall–Kier alpha value is -6.18. The van der Waals surface area contributed by atoms with Crippen molar-refractivity contribution in [2.75, 3.05) is 4.90 Å². The fraction of sp³-hybridized carbons (Fsp3) is 0.0612. The van der Waals surface area contributed by atoms with Crippen LogP contribution in [0.25, 0.3) is 55.3 Å². The van der Waals surface area contributed by atoms with Crippen molar-refractivity contribution in [2.24, 2.45) is 0 Å². The van der Waals surface area contributed by atoms with E-state index in [-0.39, 0.29) is 5.41 Å². The molecule has 1 aliphatic rings. The molecule has 0 fully saturated rings. The summed E-state index contributed by atoms with van der Waals surface area (Å²) in [6.07, 6.45) is 0. The predicted molar refractivity (Wildman–Crippen MR) is 213 cm³/mol. The maximum Gasteiger partial charge on any atom is 0.0465 e. The Morgan fingerprint density at radius 3 is 1.56 bits per heavy atom. The highest BCUT2D eigenvalue weighted by molar-refractivity contribution is 5.99. The SMILES string of the molecule is CC1(C)c2ccccc2-c2ccc(N(c3ccc(-c4ccccc4)cc3)c3ccc(-c4cccc5ccc(-c6ccccc6)cc45)cc3)cc21. The second-order valence-electron chi connectivity index (χ2n) is 13.8. The predicted octanol–water partition coefficient (Wildman–Crippen LogP) is 13.6. The van der Waals surface area contributed by atoms with E-state index in [4.69, 9.17) is 0 Å². The largest absolute Gasteiger partial charge is 0.310 e. The Balaban J connectivity index is 1.14. The first-order valence-electron chi connectivity index (χ1n) is 17.4. The van der Waals surface area contributed by atoms with Crippen molar-refractivity contribution >= 4 is 27.8 Å². The van der Waals surface area contributed by atoms with E-state index in [9.17, 15) is 0 Å². The average molecular weight is 640 g/mol. The van der Waals surface area contributed by atoms with Crippen LogP contribution < -0.4 is 4.90 Å². The van der Waals surface area contributed by atoms with Gasteiger partial charge in [0.15, 0.2) is 0 Å². The zero-order chi connectivity index (χ0) is 33.7. The van der Waals surface area contributed by atoms with Gasteiger partial charge in [-0.05, 0) is 109 Å². The molecule has 0 amide bonds. The second-order valence-corrected chi connectivity index (χ2v) is 13.8. The van der Waals surface area contributed by atoms with Crippen molar-refractivity contribution in [1.82, 2.24) is 0 Å². The Bertz CT molecular complexity index is 2470. The van der Waals surface area contributed by atoms with Crippen LogP contribution in [0.2, 0.25) is 0 Å². The zero-order valence-corrected chi connectivity index (χ0v) is 28.3. The van der Waals surface area contributed by atoms with E-state index < -0.39 is 0 Å². The van der Waals surface area contributed by atoms with Crippen molar-refractivity contribution in [3.05, 3.63) is 199 Å². The maximum atomic E-state index is 2.41. The van der Waals surface area contributed by atoms with Gasteiger partial charge in [0.05, 0.1) is 0 Å². The minimum absolute atomic E-state index is 0.0817. The topological polar surface area (TPSA) is 3.24 Å². The lowest BCUT2D eigenvalue weighted by Gasteiger charge is -2.28. The van der Waals surface area contributed by atoms with E-state index in [1.807, 2.05) is 0 Å². The maximum absolute atomic E-state index is 2.41. The van der Waals surface area contributed by atoms with Crippen molar-refractivity contribution in [3.63, 3.8) is 0 Å². The molecule has 9 rings (SSSR count). The molecule has 1 heteroatoms. The molecule has 0 N–H and O–H groups in total. The molecule has 238 valence electrons. The third kappa shape index (κ3) is 5.11. The van der Waals surface area contributed by atoms with Gasteiger partial charge in [0, 0.05) is 22.5 Å². The number of benzene rings is 8. The van der Waals surface area contributed by atoms with Crippen LogP contribution >= 0.6 is 0 Å². The molecule has 0 spiro atoms. The minimum atomic E-state index is -0.0817. The summed E-state index contributed by atoms with van der Waals surface area (Å²) in [5.41, 5.74) is 16.1. The van der Waals surface area contributed by atoms with Gasteiger partial charge in [-0.15, -0.1) is 0 Å². The Labute approximate surface area is 294 Å². The molecule has 0 bridgehead atoms. The molecule has 1 aliphatic carbocycles. The van der Waals surface area contributed by atoms with Crippen molar-refractivity contribution in [2.45, 2.75) is 19.3 Å². The molecule has 0 atom stereocenters. The Morgan fingerprint density at radius 1 is 0.340 bits per heavy atom. The molecule has 0 saturated heterocycles. The van der Waals surface area contributed by atoms with Crippen LogP contribution in [0.5, 0.6) is 0 Å². The highest BCUT2D eigenvalue weighted by Crippen LogP contribution is 2.50. The van der Waals surface area contributed by atoms with Crippen LogP contribution in [0.15, 0.2) is 188 Å². The Kier molecular flexibility index (Phi) is 7.21. The van der Waals surface area contributed by atoms with Crippen LogP contribution in [0.3, 0.4) is 0 Å². The van der Waals surface area contributed by atoms with E-state index in [0.717, 1.165) is 17.1 Å². The summed E-state index contributed by atoms with van der Waals surface area (Å²) < 4.78 is 0. The normalized spacial score (nSPS) is 12.8. The van der Waals surface area contributed by atoms with Gasteiger partial charge in [-0.3, -0.25) is 0 Å². The second kappa shape index (κ2) is 12.1. The summed E-state index contributed by atoms with van der Waals surface area (Å²) >= 11 is 0. The fourth-order valence-electron chi connectivity index (χ4n) is 7.84. The monoisotopic (exact) mass is 639 g/mol. The standard InChI is InChI=1S/C49H37N/c1-49(2)47-19-10-9-17-44(47)45-31-30-42(33-48(45)49)50(40-26-22-36(23-27-40)34-12-5-3-6-13-34)41-28-24-38(25-29-41)43-18-11-16-37-20-21-39(32-46(37)43)35-14-7-4-8-15-35/h3-33H,1-2H3. The quantitative estimate of drug-likeness (QED) is 0.175. The van der Waals surface area contributed by atoms with Gasteiger partial charge >= 0.3 is 0 Å². The number of anilines is 3. The molecule has 0 heterocycles. The van der Waals surface area contributed by atoms with Crippen LogP contribution in [0.4, 0.5) is 17.1 Å². The van der Waals surface area contributed by atoms with Gasteiger partial charge in [-0.25, -0.2) is 0 Å². The number of fused-ring (bicyclic) bond motifs is 4. The van der Waals surface area contributed by atoms with Gasteiger partial charge in [-0.1, -0.05) is 159 Å². The van der Waals surface area contributed by atoms with Crippen LogP contribution in [-0.2, 0) is 5.41 Å². The van der Waals surface area contributed by atoms with Crippen molar-refractivity contribution in [3.8, 4) is 44.5 Å². The molecule has 8 aromatic rings. The van der Waals surface area contributed by atoms with Crippen LogP contribution in [0.1, 0.15) is 25.0 Å². The molecular formula is C49H37N. The first-order chi connectivity index (χ1) is 24.5. The third-order valence-corrected chi connectivity index (χ3v) is 10.5. The summed E-state index contributed by atoms with van der Waals surface area (Å²) in [7, 11) is 0. The first-order valence-corrected chi connectivity index (χ1v) is 17.4. The van der Waals surface area contributed by atoms with Crippen molar-refractivity contribution < 1.29 is 0 Å². The summed E-state index contributed by atoms with van der Waals surface area (Å²) in [6.45, 7) is 4.70. The molecule has 0 saturated carbocycles. The molecule has 0 radical (unpaired) electrons. The number of hydrogen-bond donors (Lipinski definition) is 0. The number of rotatable bonds is 6. The summed E-state index contributed by atoms with van der Waals surface area (Å²) in [5, 5.41) is 2.50. The fourth-order valence-corrected chi connectivity index (χ4v) is 7.84. The molecule has 0 unspecified atom stereocenters. The average Bonchev–Trinajstić information content (AvgIpc) is 3.41. The van der Waals surface area contributed by atoms with E-state index in [0.29, 0.717) is 0 Å². The first kappa shape index (κ1) is 29.9. The van der Waals surface area contributed by atoms with Crippen LogP contribution in [0, 0.1) is 0 Å². The molecule has 50 heavy (non-hydrogen) atoms. The van der Waals surface area contributed by atoms with Gasteiger partial charge in [0.1, 0.15) is 0 Å². The lowest BCUT2D eigenvalue weighted by Crippen LogP contribution is -2.16. The van der Waals surface area contributed by atoms with Crippen LogP contribution in [-0.4, -0.2) is 0 Å². The summed E-state index contributed by atoms with van der Waals surface area (Å²) in [5.74, 6) is 0. The van der Waals surface area contributed by atoms with Crippen molar-refractivity contribution in [1.29, 1.82) is 0 Å². The van der Waals surface area contributed by atoms with E-state index in [1.54, 1.807) is 0 Å². The Morgan fingerprint density at radius 2 is 0.860 bits per heavy atom. The molecule has 0 aromatic heterocycles. The summed E-state index contributed by atoms with van der Waals surface area (Å²) in [6, 6.07) is 68.6. The zero-order valence-electron chi connectivity index (χ0n) is 28.3. The highest BCUT2D eigenvalue weighted by Gasteiger charge is 2.35. The van der Waals surface area contributed by atoms with E-state index in [1.165, 1.54) is 66.4 Å². The highest BCUT2D eigenvalue weighted by atomic mass is 15.1. The lowest BCUT2D eigenvalue weighted by atomic mass is 9.82. The number of hydrogen-bond acceptors (Lipinski definition) is 1. The van der Waals surface area contributed by atoms with Gasteiger partial charge in [0.2, 0.25) is 0 Å². The lowest BCUT2D eigenvalue weighted by molar-refractivity contribution is 0.660. The minimum Gasteiger partial charge on any atom is -0.310 e. The van der Waals surface area contributed by atoms with E-state index >= 15 is 0 Å².